The molecule has 6 heteroatoms. The van der Waals surface area contributed by atoms with Gasteiger partial charge in [0, 0.05) is 17.8 Å². The van der Waals surface area contributed by atoms with Crippen molar-refractivity contribution in [2.24, 2.45) is 0 Å². The van der Waals surface area contributed by atoms with Crippen molar-refractivity contribution >= 4 is 46.6 Å². The highest BCUT2D eigenvalue weighted by molar-refractivity contribution is 8.00. The zero-order valence-corrected chi connectivity index (χ0v) is 13.6. The molecule has 2 heterocycles. The van der Waals surface area contributed by atoms with Gasteiger partial charge in [-0.15, -0.1) is 0 Å². The van der Waals surface area contributed by atoms with Crippen molar-refractivity contribution in [2.75, 3.05) is 29.5 Å². The predicted molar refractivity (Wildman–Crippen MR) is 87.0 cm³/mol. The van der Waals surface area contributed by atoms with Gasteiger partial charge in [-0.25, -0.2) is 4.98 Å². The summed E-state index contributed by atoms with van der Waals surface area (Å²) in [5.41, 5.74) is 0. The van der Waals surface area contributed by atoms with Gasteiger partial charge in [-0.05, 0) is 38.5 Å². The van der Waals surface area contributed by atoms with Crippen LogP contribution in [0.4, 0.5) is 11.6 Å². The van der Waals surface area contributed by atoms with Crippen LogP contribution in [0.1, 0.15) is 26.7 Å². The van der Waals surface area contributed by atoms with Crippen molar-refractivity contribution in [1.29, 1.82) is 0 Å². The van der Waals surface area contributed by atoms with E-state index >= 15 is 0 Å². The number of nitrogens with zero attached hydrogens (tertiary/aromatic N) is 1. The highest BCUT2D eigenvalue weighted by atomic mass is 35.5. The zero-order chi connectivity index (χ0) is 13.9. The van der Waals surface area contributed by atoms with Crippen molar-refractivity contribution in [1.82, 2.24) is 4.98 Å². The van der Waals surface area contributed by atoms with Crippen molar-refractivity contribution in [2.45, 2.75) is 31.4 Å². The topological polar surface area (TPSA) is 37.0 Å². The SMILES string of the molecule is CCNc1nc(NCC2(C)CCCS2)c(Cl)cc1Cl. The van der Waals surface area contributed by atoms with E-state index in [1.807, 2.05) is 18.7 Å². The first-order valence-electron chi connectivity index (χ1n) is 6.52. The second-order valence-corrected chi connectivity index (χ2v) is 7.43. The van der Waals surface area contributed by atoms with Crippen LogP contribution in [0.3, 0.4) is 0 Å². The third-order valence-electron chi connectivity index (χ3n) is 3.20. The maximum Gasteiger partial charge on any atom is 0.147 e. The van der Waals surface area contributed by atoms with Crippen LogP contribution in [0, 0.1) is 0 Å². The average molecular weight is 320 g/mol. The number of nitrogens with one attached hydrogen (secondary N) is 2. The predicted octanol–water partition coefficient (Wildman–Crippen LogP) is 4.52. The summed E-state index contributed by atoms with van der Waals surface area (Å²) >= 11 is 14.3. The van der Waals surface area contributed by atoms with Gasteiger partial charge in [0.25, 0.3) is 0 Å². The lowest BCUT2D eigenvalue weighted by atomic mass is 10.1. The molecule has 0 aromatic carbocycles. The molecular weight excluding hydrogens is 301 g/mol. The zero-order valence-electron chi connectivity index (χ0n) is 11.2. The fourth-order valence-electron chi connectivity index (χ4n) is 2.13. The summed E-state index contributed by atoms with van der Waals surface area (Å²) < 4.78 is 0.281. The molecule has 0 spiro atoms. The van der Waals surface area contributed by atoms with Crippen molar-refractivity contribution in [3.63, 3.8) is 0 Å². The number of hydrogen-bond acceptors (Lipinski definition) is 4. The lowest BCUT2D eigenvalue weighted by Gasteiger charge is -2.23. The van der Waals surface area contributed by atoms with E-state index in [-0.39, 0.29) is 4.75 Å². The molecule has 0 amide bonds. The Morgan fingerprint density at radius 1 is 1.32 bits per heavy atom. The van der Waals surface area contributed by atoms with Gasteiger partial charge in [-0.2, -0.15) is 11.8 Å². The minimum absolute atomic E-state index is 0.281. The van der Waals surface area contributed by atoms with Crippen LogP contribution in [-0.2, 0) is 0 Å². The summed E-state index contributed by atoms with van der Waals surface area (Å²) in [6, 6.07) is 1.74. The first kappa shape index (κ1) is 15.1. The second kappa shape index (κ2) is 6.42. The molecule has 1 aromatic heterocycles. The number of aromatic nitrogens is 1. The summed E-state index contributed by atoms with van der Waals surface area (Å²) in [5, 5.41) is 7.62. The summed E-state index contributed by atoms with van der Waals surface area (Å²) in [4.78, 5) is 4.46. The van der Waals surface area contributed by atoms with Crippen LogP contribution < -0.4 is 10.6 Å². The molecule has 1 unspecified atom stereocenters. The first-order chi connectivity index (χ1) is 9.04. The standard InChI is InChI=1S/C13H19Cl2N3S/c1-3-16-11-9(14)7-10(15)12(18-11)17-8-13(2)5-4-6-19-13/h7H,3-6,8H2,1-2H3,(H2,16,17,18). The normalized spacial score (nSPS) is 22.5. The Morgan fingerprint density at radius 3 is 2.58 bits per heavy atom. The Labute approximate surface area is 128 Å². The lowest BCUT2D eigenvalue weighted by Crippen LogP contribution is -2.27. The first-order valence-corrected chi connectivity index (χ1v) is 8.26. The van der Waals surface area contributed by atoms with Crippen LogP contribution in [0.15, 0.2) is 6.07 Å². The Balaban J connectivity index is 2.08. The molecule has 0 aliphatic carbocycles. The molecule has 1 aliphatic rings. The summed E-state index contributed by atoms with van der Waals surface area (Å²) in [6.07, 6.45) is 2.52. The number of pyridine rings is 1. The molecule has 0 bridgehead atoms. The van der Waals surface area contributed by atoms with Gasteiger partial charge in [0.1, 0.15) is 11.6 Å². The fraction of sp³-hybridized carbons (Fsp3) is 0.615. The number of hydrogen-bond donors (Lipinski definition) is 2. The molecule has 1 fully saturated rings. The van der Waals surface area contributed by atoms with Gasteiger partial charge >= 0.3 is 0 Å². The van der Waals surface area contributed by atoms with Gasteiger partial charge in [-0.3, -0.25) is 0 Å². The Bertz CT molecular complexity index is 448. The van der Waals surface area contributed by atoms with Gasteiger partial charge < -0.3 is 10.6 Å². The fourth-order valence-corrected chi connectivity index (χ4v) is 3.87. The molecule has 1 aliphatic heterocycles. The van der Waals surface area contributed by atoms with E-state index in [2.05, 4.69) is 22.5 Å². The third-order valence-corrected chi connectivity index (χ3v) is 5.32. The largest absolute Gasteiger partial charge is 0.369 e. The Hall–Kier alpha value is -0.320. The third kappa shape index (κ3) is 3.83. The molecule has 106 valence electrons. The molecule has 1 aromatic rings. The van der Waals surface area contributed by atoms with Crippen LogP contribution >= 0.6 is 35.0 Å². The molecule has 1 saturated heterocycles. The Morgan fingerprint density at radius 2 is 2.00 bits per heavy atom. The summed E-state index contributed by atoms with van der Waals surface area (Å²) in [6.45, 7) is 5.95. The van der Waals surface area contributed by atoms with Crippen LogP contribution in [-0.4, -0.2) is 28.6 Å². The molecular formula is C13H19Cl2N3S. The average Bonchev–Trinajstić information content (AvgIpc) is 2.79. The number of thioether (sulfide) groups is 1. The number of halogens is 2. The molecule has 2 rings (SSSR count). The van der Waals surface area contributed by atoms with E-state index in [0.29, 0.717) is 21.7 Å². The minimum Gasteiger partial charge on any atom is -0.369 e. The monoisotopic (exact) mass is 319 g/mol. The maximum atomic E-state index is 6.19. The van der Waals surface area contributed by atoms with E-state index in [9.17, 15) is 0 Å². The smallest absolute Gasteiger partial charge is 0.147 e. The van der Waals surface area contributed by atoms with Crippen LogP contribution in [0.2, 0.25) is 10.0 Å². The summed E-state index contributed by atoms with van der Waals surface area (Å²) in [5.74, 6) is 2.62. The Kier molecular flexibility index (Phi) is 5.09. The van der Waals surface area contributed by atoms with Crippen LogP contribution in [0.25, 0.3) is 0 Å². The highest BCUT2D eigenvalue weighted by Crippen LogP contribution is 2.38. The molecule has 3 nitrogen and oxygen atoms in total. The highest BCUT2D eigenvalue weighted by Gasteiger charge is 2.29. The number of anilines is 2. The van der Waals surface area contributed by atoms with Crippen molar-refractivity contribution in [3.05, 3.63) is 16.1 Å². The quantitative estimate of drug-likeness (QED) is 0.836. The van der Waals surface area contributed by atoms with Gasteiger partial charge in [-0.1, -0.05) is 23.2 Å². The maximum absolute atomic E-state index is 6.19. The lowest BCUT2D eigenvalue weighted by molar-refractivity contribution is 0.634. The van der Waals surface area contributed by atoms with E-state index < -0.39 is 0 Å². The van der Waals surface area contributed by atoms with E-state index in [4.69, 9.17) is 23.2 Å². The van der Waals surface area contributed by atoms with E-state index in [1.54, 1.807) is 6.07 Å². The summed E-state index contributed by atoms with van der Waals surface area (Å²) in [7, 11) is 0. The van der Waals surface area contributed by atoms with E-state index in [1.165, 1.54) is 18.6 Å². The molecule has 1 atom stereocenters. The molecule has 0 saturated carbocycles. The second-order valence-electron chi connectivity index (χ2n) is 4.94. The molecule has 2 N–H and O–H groups in total. The molecule has 19 heavy (non-hydrogen) atoms. The van der Waals surface area contributed by atoms with Gasteiger partial charge in [0.2, 0.25) is 0 Å². The minimum atomic E-state index is 0.281. The molecule has 0 radical (unpaired) electrons. The van der Waals surface area contributed by atoms with Crippen molar-refractivity contribution < 1.29 is 0 Å². The van der Waals surface area contributed by atoms with Crippen LogP contribution in [0.5, 0.6) is 0 Å². The van der Waals surface area contributed by atoms with Gasteiger partial charge in [0.15, 0.2) is 0 Å². The number of rotatable bonds is 5. The van der Waals surface area contributed by atoms with Crippen molar-refractivity contribution in [3.8, 4) is 0 Å². The van der Waals surface area contributed by atoms with Gasteiger partial charge in [0.05, 0.1) is 10.0 Å². The van der Waals surface area contributed by atoms with E-state index in [0.717, 1.165) is 13.1 Å².